The number of esters is 3. The molecule has 0 rings (SSSR count). The van der Waals surface area contributed by atoms with E-state index < -0.39 is 6.10 Å². The molecule has 0 heterocycles. The Bertz CT molecular complexity index is 1640. The molecule has 0 amide bonds. The summed E-state index contributed by atoms with van der Waals surface area (Å²) in [6.45, 7) is 6.49. The number of hydrogen-bond donors (Lipinski definition) is 0. The molecular formula is C73H122O6. The van der Waals surface area contributed by atoms with Gasteiger partial charge in [-0.15, -0.1) is 0 Å². The first-order valence-corrected chi connectivity index (χ1v) is 33.0. The molecule has 0 saturated carbocycles. The topological polar surface area (TPSA) is 78.9 Å². The van der Waals surface area contributed by atoms with Crippen LogP contribution in [0.2, 0.25) is 0 Å². The van der Waals surface area contributed by atoms with Gasteiger partial charge in [-0.3, -0.25) is 14.4 Å². The first-order valence-electron chi connectivity index (χ1n) is 33.0. The second-order valence-corrected chi connectivity index (χ2v) is 21.6. The van der Waals surface area contributed by atoms with E-state index in [0.717, 1.165) is 116 Å². The maximum absolute atomic E-state index is 12.9. The molecule has 6 heteroatoms. The fourth-order valence-corrected chi connectivity index (χ4v) is 9.02. The fraction of sp³-hybridized carbons (Fsp3) is 0.685. The summed E-state index contributed by atoms with van der Waals surface area (Å²) in [7, 11) is 0. The van der Waals surface area contributed by atoms with E-state index in [9.17, 15) is 14.4 Å². The van der Waals surface area contributed by atoms with Crippen LogP contribution in [0.15, 0.2) is 122 Å². The zero-order valence-corrected chi connectivity index (χ0v) is 51.6. The zero-order chi connectivity index (χ0) is 57.1. The van der Waals surface area contributed by atoms with Crippen LogP contribution in [0, 0.1) is 0 Å². The predicted octanol–water partition coefficient (Wildman–Crippen LogP) is 22.8. The highest BCUT2D eigenvalue weighted by molar-refractivity contribution is 5.71. The number of rotatable bonds is 59. The molecular weight excluding hydrogens is 973 g/mol. The summed E-state index contributed by atoms with van der Waals surface area (Å²) < 4.78 is 16.9. The summed E-state index contributed by atoms with van der Waals surface area (Å²) in [5.74, 6) is -0.935. The van der Waals surface area contributed by atoms with Crippen molar-refractivity contribution in [1.82, 2.24) is 0 Å². The number of unbranched alkanes of at least 4 members (excludes halogenated alkanes) is 28. The second-order valence-electron chi connectivity index (χ2n) is 21.6. The molecule has 0 aliphatic carbocycles. The third-order valence-electron chi connectivity index (χ3n) is 14.0. The minimum atomic E-state index is -0.801. The number of ether oxygens (including phenoxy) is 3. The van der Waals surface area contributed by atoms with Gasteiger partial charge in [0, 0.05) is 19.3 Å². The van der Waals surface area contributed by atoms with Crippen LogP contribution >= 0.6 is 0 Å². The lowest BCUT2D eigenvalue weighted by Gasteiger charge is -2.18. The van der Waals surface area contributed by atoms with E-state index in [1.807, 2.05) is 0 Å². The van der Waals surface area contributed by atoms with Crippen LogP contribution in [-0.2, 0) is 28.6 Å². The third kappa shape index (κ3) is 64.5. The lowest BCUT2D eigenvalue weighted by Crippen LogP contribution is -2.30. The van der Waals surface area contributed by atoms with Crippen LogP contribution in [-0.4, -0.2) is 37.2 Å². The minimum absolute atomic E-state index is 0.0932. The van der Waals surface area contributed by atoms with Crippen molar-refractivity contribution in [3.8, 4) is 0 Å². The first kappa shape index (κ1) is 74.8. The molecule has 0 spiro atoms. The highest BCUT2D eigenvalue weighted by Gasteiger charge is 2.19. The third-order valence-corrected chi connectivity index (χ3v) is 14.0. The number of allylic oxidation sites excluding steroid dienone is 20. The summed E-state index contributed by atoms with van der Waals surface area (Å²) in [4.78, 5) is 38.4. The van der Waals surface area contributed by atoms with Crippen LogP contribution in [0.5, 0.6) is 0 Å². The Kier molecular flexibility index (Phi) is 62.8. The van der Waals surface area contributed by atoms with E-state index in [0.29, 0.717) is 19.3 Å². The smallest absolute Gasteiger partial charge is 0.306 e. The Morgan fingerprint density at radius 3 is 0.823 bits per heavy atom. The quantitative estimate of drug-likeness (QED) is 0.0261. The van der Waals surface area contributed by atoms with Gasteiger partial charge in [-0.25, -0.2) is 0 Å². The van der Waals surface area contributed by atoms with Gasteiger partial charge in [-0.05, 0) is 116 Å². The van der Waals surface area contributed by atoms with Crippen molar-refractivity contribution in [3.05, 3.63) is 122 Å². The Balaban J connectivity index is 4.45. The summed E-state index contributed by atoms with van der Waals surface area (Å²) in [5, 5.41) is 0. The molecule has 0 fully saturated rings. The molecule has 0 radical (unpaired) electrons. The summed E-state index contributed by atoms with van der Waals surface area (Å²) in [6, 6.07) is 0. The van der Waals surface area contributed by atoms with Gasteiger partial charge in [0.25, 0.3) is 0 Å². The molecule has 0 bridgehead atoms. The van der Waals surface area contributed by atoms with Gasteiger partial charge in [0.15, 0.2) is 6.10 Å². The van der Waals surface area contributed by atoms with Crippen LogP contribution < -0.4 is 0 Å². The number of carbonyl (C=O) groups is 3. The molecule has 0 aromatic rings. The average Bonchev–Trinajstić information content (AvgIpc) is 3.45. The van der Waals surface area contributed by atoms with E-state index in [2.05, 4.69) is 142 Å². The Morgan fingerprint density at radius 2 is 0.494 bits per heavy atom. The summed E-state index contributed by atoms with van der Waals surface area (Å²) in [6.07, 6.45) is 92.0. The normalized spacial score (nSPS) is 12.9. The van der Waals surface area contributed by atoms with Gasteiger partial charge in [-0.2, -0.15) is 0 Å². The Labute approximate surface area is 488 Å². The molecule has 0 saturated heterocycles. The van der Waals surface area contributed by atoms with Crippen LogP contribution in [0.1, 0.15) is 303 Å². The molecule has 0 aromatic heterocycles. The first-order chi connectivity index (χ1) is 39.0. The van der Waals surface area contributed by atoms with E-state index in [4.69, 9.17) is 14.2 Å². The van der Waals surface area contributed by atoms with Crippen molar-refractivity contribution >= 4 is 17.9 Å². The predicted molar refractivity (Wildman–Crippen MR) is 343 cm³/mol. The maximum atomic E-state index is 12.9. The Hall–Kier alpha value is -4.19. The van der Waals surface area contributed by atoms with Crippen molar-refractivity contribution in [2.75, 3.05) is 13.2 Å². The second kappa shape index (κ2) is 66.3. The highest BCUT2D eigenvalue weighted by Crippen LogP contribution is 2.16. The zero-order valence-electron chi connectivity index (χ0n) is 51.6. The molecule has 0 N–H and O–H groups in total. The molecule has 1 unspecified atom stereocenters. The largest absolute Gasteiger partial charge is 0.462 e. The minimum Gasteiger partial charge on any atom is -0.462 e. The van der Waals surface area contributed by atoms with Crippen LogP contribution in [0.25, 0.3) is 0 Å². The molecule has 6 nitrogen and oxygen atoms in total. The fourth-order valence-electron chi connectivity index (χ4n) is 9.02. The molecule has 1 atom stereocenters. The summed E-state index contributed by atoms with van der Waals surface area (Å²) in [5.41, 5.74) is 0. The highest BCUT2D eigenvalue weighted by atomic mass is 16.6. The van der Waals surface area contributed by atoms with Crippen molar-refractivity contribution in [2.45, 2.75) is 309 Å². The molecule has 0 aliphatic heterocycles. The summed E-state index contributed by atoms with van der Waals surface area (Å²) >= 11 is 0. The molecule has 0 aromatic carbocycles. The Morgan fingerprint density at radius 1 is 0.266 bits per heavy atom. The lowest BCUT2D eigenvalue weighted by atomic mass is 10.0. The lowest BCUT2D eigenvalue weighted by molar-refractivity contribution is -0.167. The van der Waals surface area contributed by atoms with Crippen molar-refractivity contribution in [3.63, 3.8) is 0 Å². The number of carbonyl (C=O) groups excluding carboxylic acids is 3. The van der Waals surface area contributed by atoms with E-state index in [1.165, 1.54) is 148 Å². The van der Waals surface area contributed by atoms with Crippen molar-refractivity contribution < 1.29 is 28.6 Å². The van der Waals surface area contributed by atoms with Crippen LogP contribution in [0.4, 0.5) is 0 Å². The van der Waals surface area contributed by atoms with Crippen LogP contribution in [0.3, 0.4) is 0 Å². The maximum Gasteiger partial charge on any atom is 0.306 e. The van der Waals surface area contributed by atoms with E-state index in [1.54, 1.807) is 0 Å². The van der Waals surface area contributed by atoms with Crippen molar-refractivity contribution in [1.29, 1.82) is 0 Å². The van der Waals surface area contributed by atoms with Gasteiger partial charge < -0.3 is 14.2 Å². The van der Waals surface area contributed by atoms with Gasteiger partial charge in [-0.1, -0.05) is 290 Å². The number of hydrogen-bond acceptors (Lipinski definition) is 6. The van der Waals surface area contributed by atoms with Gasteiger partial charge in [0.2, 0.25) is 0 Å². The van der Waals surface area contributed by atoms with Gasteiger partial charge >= 0.3 is 17.9 Å². The van der Waals surface area contributed by atoms with E-state index >= 15 is 0 Å². The monoisotopic (exact) mass is 1090 g/mol. The van der Waals surface area contributed by atoms with Crippen molar-refractivity contribution in [2.24, 2.45) is 0 Å². The van der Waals surface area contributed by atoms with E-state index in [-0.39, 0.29) is 31.1 Å². The van der Waals surface area contributed by atoms with Gasteiger partial charge in [0.1, 0.15) is 13.2 Å². The molecule has 450 valence electrons. The molecule has 79 heavy (non-hydrogen) atoms. The standard InChI is InChI=1S/C73H122O6/c1-4-7-10-13-16-19-22-25-28-30-32-33-34-35-36-37-38-39-41-42-45-48-51-54-57-60-63-66-72(75)78-69-70(68-77-71(74)65-62-59-56-53-50-47-44-27-24-21-18-15-12-9-6-3)79-73(76)67-64-61-58-55-52-49-46-43-40-31-29-26-23-20-17-14-11-8-5-2/h7,10,16-17,19-20,25-26,28-29,32-33,35-36,38-39,42,45,51,54,70H,4-6,8-9,11-15,18,21-24,27,30-31,34,37,40-41,43-44,46-50,52-53,55-69H2,1-3H3/b10-7-,19-16-,20-17-,28-25-,29-26-,33-32-,36-35-,39-38-,45-42-,54-51-. The molecule has 0 aliphatic rings. The average molecular weight is 1100 g/mol. The van der Waals surface area contributed by atoms with Gasteiger partial charge in [0.05, 0.1) is 0 Å². The SMILES string of the molecule is CC/C=C\C/C=C\C/C=C\C/C=C\C/C=C\C/C=C\C/C=C\C/C=C\CCCCC(=O)OCC(COC(=O)CCCCCCCCCCCCCCCCC)OC(=O)CCCCCCCCCCC/C=C\C/C=C\CCCCC.